The highest BCUT2D eigenvalue weighted by Gasteiger charge is 2.12. The molecule has 1 unspecified atom stereocenters. The molecule has 0 saturated carbocycles. The van der Waals surface area contributed by atoms with Crippen molar-refractivity contribution >= 4 is 27.0 Å². The normalized spacial score (nSPS) is 9.76. The molecule has 0 amide bonds. The van der Waals surface area contributed by atoms with Crippen molar-refractivity contribution in [2.45, 2.75) is 6.92 Å². The number of aryl methyl sites for hydroxylation is 1. The van der Waals surface area contributed by atoms with E-state index in [1.54, 1.807) is 0 Å². The van der Waals surface area contributed by atoms with Crippen LogP contribution in [-0.4, -0.2) is 0 Å². The van der Waals surface area contributed by atoms with Crippen LogP contribution in [-0.2, 0) is 0 Å². The molecule has 1 nitrogen and oxygen atoms in total. The van der Waals surface area contributed by atoms with Crippen molar-refractivity contribution in [3.63, 3.8) is 0 Å². The molecule has 0 bridgehead atoms. The third-order valence-electron chi connectivity index (χ3n) is 3.39. The van der Waals surface area contributed by atoms with Crippen molar-refractivity contribution < 1.29 is 0 Å². The molecule has 0 aliphatic carbocycles. The van der Waals surface area contributed by atoms with Gasteiger partial charge in [-0.2, -0.15) is 9.90 Å². The molecule has 3 rings (SSSR count). The minimum Gasteiger partial charge on any atom is -0.310 e. The fourth-order valence-corrected chi connectivity index (χ4v) is 2.40. The minimum atomic E-state index is 0. The molecule has 2 heteroatoms. The van der Waals surface area contributed by atoms with Crippen LogP contribution in [0.15, 0.2) is 84.9 Å². The number of para-hydroxylation sites is 3. The molecule has 1 atom stereocenters. The molecule has 3 aromatic rings. The maximum Gasteiger partial charge on any atom is 0.0490 e. The van der Waals surface area contributed by atoms with E-state index in [0.29, 0.717) is 0 Å². The summed E-state index contributed by atoms with van der Waals surface area (Å²) in [7, 11) is 0. The van der Waals surface area contributed by atoms with Gasteiger partial charge in [0.15, 0.2) is 0 Å². The second-order valence-corrected chi connectivity index (χ2v) is 4.79. The van der Waals surface area contributed by atoms with Crippen LogP contribution in [0.3, 0.4) is 0 Å². The van der Waals surface area contributed by atoms with E-state index < -0.39 is 0 Å². The zero-order chi connectivity index (χ0) is 13.8. The Labute approximate surface area is 129 Å². The van der Waals surface area contributed by atoms with Gasteiger partial charge in [-0.1, -0.05) is 54.6 Å². The first-order valence-electron chi connectivity index (χ1n) is 6.82. The molecule has 106 valence electrons. The third kappa shape index (κ3) is 3.32. The standard InChI is InChI=1S/C19H17N.H3P/c1-16-10-8-9-15-19(16)20(17-11-4-2-5-12-17)18-13-6-3-7-14-18;/h2-15H,1H3;1H3. The second-order valence-electron chi connectivity index (χ2n) is 4.79. The van der Waals surface area contributed by atoms with Gasteiger partial charge in [0, 0.05) is 17.1 Å². The summed E-state index contributed by atoms with van der Waals surface area (Å²) in [5, 5.41) is 0. The number of rotatable bonds is 3. The van der Waals surface area contributed by atoms with Crippen LogP contribution in [0.4, 0.5) is 17.1 Å². The highest BCUT2D eigenvalue weighted by molar-refractivity contribution is 6.92. The predicted molar refractivity (Wildman–Crippen MR) is 97.0 cm³/mol. The van der Waals surface area contributed by atoms with Gasteiger partial charge in [0.25, 0.3) is 0 Å². The summed E-state index contributed by atoms with van der Waals surface area (Å²) >= 11 is 0. The summed E-state index contributed by atoms with van der Waals surface area (Å²) in [6, 6.07) is 29.4. The molecule has 0 radical (unpaired) electrons. The number of hydrogen-bond donors (Lipinski definition) is 0. The first-order chi connectivity index (χ1) is 9.86. The fourth-order valence-electron chi connectivity index (χ4n) is 2.40. The van der Waals surface area contributed by atoms with Crippen molar-refractivity contribution in [1.29, 1.82) is 0 Å². The minimum absolute atomic E-state index is 0. The quantitative estimate of drug-likeness (QED) is 0.574. The van der Waals surface area contributed by atoms with Gasteiger partial charge in [-0.3, -0.25) is 0 Å². The SMILES string of the molecule is Cc1ccccc1N(c1ccccc1)c1ccccc1.P. The largest absolute Gasteiger partial charge is 0.310 e. The molecule has 0 aromatic heterocycles. The number of anilines is 3. The van der Waals surface area contributed by atoms with Crippen LogP contribution in [0.5, 0.6) is 0 Å². The van der Waals surface area contributed by atoms with E-state index in [0.717, 1.165) is 0 Å². The van der Waals surface area contributed by atoms with E-state index in [-0.39, 0.29) is 9.90 Å². The Hall–Kier alpha value is -2.11. The average molecular weight is 293 g/mol. The average Bonchev–Trinajstić information content (AvgIpc) is 2.52. The van der Waals surface area contributed by atoms with Crippen LogP contribution in [0.2, 0.25) is 0 Å². The van der Waals surface area contributed by atoms with Crippen LogP contribution in [0.1, 0.15) is 5.56 Å². The van der Waals surface area contributed by atoms with Crippen molar-refractivity contribution in [2.75, 3.05) is 4.90 Å². The maximum absolute atomic E-state index is 2.29. The van der Waals surface area contributed by atoms with Crippen LogP contribution >= 0.6 is 9.90 Å². The second kappa shape index (κ2) is 7.06. The number of benzene rings is 3. The highest BCUT2D eigenvalue weighted by atomic mass is 31.0. The molecule has 0 aliphatic rings. The third-order valence-corrected chi connectivity index (χ3v) is 3.39. The summed E-state index contributed by atoms with van der Waals surface area (Å²) in [5.41, 5.74) is 4.83. The molecule has 0 heterocycles. The number of nitrogens with zero attached hydrogens (tertiary/aromatic N) is 1. The summed E-state index contributed by atoms with van der Waals surface area (Å²) < 4.78 is 0. The van der Waals surface area contributed by atoms with E-state index in [1.165, 1.54) is 22.6 Å². The van der Waals surface area contributed by atoms with Gasteiger partial charge in [0.1, 0.15) is 0 Å². The monoisotopic (exact) mass is 293 g/mol. The Morgan fingerprint density at radius 2 is 1.00 bits per heavy atom. The lowest BCUT2D eigenvalue weighted by molar-refractivity contribution is 1.25. The molecule has 0 N–H and O–H groups in total. The molecular formula is C19H20NP. The Kier molecular flexibility index (Phi) is 5.14. The Balaban J connectivity index is 0.00000161. The van der Waals surface area contributed by atoms with Crippen LogP contribution in [0.25, 0.3) is 0 Å². The Bertz CT molecular complexity index is 641. The first kappa shape index (κ1) is 15.3. The smallest absolute Gasteiger partial charge is 0.0490 e. The summed E-state index contributed by atoms with van der Waals surface area (Å²) in [6.07, 6.45) is 0. The van der Waals surface area contributed by atoms with Gasteiger partial charge >= 0.3 is 0 Å². The van der Waals surface area contributed by atoms with Crippen molar-refractivity contribution in [2.24, 2.45) is 0 Å². The zero-order valence-electron chi connectivity index (χ0n) is 12.2. The molecule has 0 spiro atoms. The maximum atomic E-state index is 2.29. The fraction of sp³-hybridized carbons (Fsp3) is 0.0526. The molecule has 21 heavy (non-hydrogen) atoms. The summed E-state index contributed by atoms with van der Waals surface area (Å²) in [6.45, 7) is 2.15. The van der Waals surface area contributed by atoms with E-state index >= 15 is 0 Å². The van der Waals surface area contributed by atoms with Crippen LogP contribution < -0.4 is 4.90 Å². The van der Waals surface area contributed by atoms with Crippen molar-refractivity contribution in [1.82, 2.24) is 0 Å². The summed E-state index contributed by atoms with van der Waals surface area (Å²) in [5.74, 6) is 0. The topological polar surface area (TPSA) is 3.24 Å². The lowest BCUT2D eigenvalue weighted by atomic mass is 10.1. The van der Waals surface area contributed by atoms with Gasteiger partial charge in [-0.05, 0) is 42.8 Å². The zero-order valence-corrected chi connectivity index (χ0v) is 13.7. The lowest BCUT2D eigenvalue weighted by Crippen LogP contribution is -2.10. The Morgan fingerprint density at radius 1 is 0.571 bits per heavy atom. The Morgan fingerprint density at radius 3 is 1.48 bits per heavy atom. The van der Waals surface area contributed by atoms with Crippen molar-refractivity contribution in [3.8, 4) is 0 Å². The van der Waals surface area contributed by atoms with Gasteiger partial charge in [0.05, 0.1) is 0 Å². The molecule has 0 fully saturated rings. The van der Waals surface area contributed by atoms with Gasteiger partial charge in [-0.25, -0.2) is 0 Å². The van der Waals surface area contributed by atoms with E-state index in [4.69, 9.17) is 0 Å². The van der Waals surface area contributed by atoms with E-state index in [1.807, 2.05) is 12.1 Å². The van der Waals surface area contributed by atoms with Gasteiger partial charge in [0.2, 0.25) is 0 Å². The number of hydrogen-bond acceptors (Lipinski definition) is 1. The van der Waals surface area contributed by atoms with Gasteiger partial charge < -0.3 is 4.90 Å². The molecule has 0 saturated heterocycles. The molecular weight excluding hydrogens is 273 g/mol. The molecule has 3 aromatic carbocycles. The lowest BCUT2D eigenvalue weighted by Gasteiger charge is -2.26. The van der Waals surface area contributed by atoms with Crippen molar-refractivity contribution in [3.05, 3.63) is 90.5 Å². The highest BCUT2D eigenvalue weighted by Crippen LogP contribution is 2.35. The first-order valence-corrected chi connectivity index (χ1v) is 6.82. The van der Waals surface area contributed by atoms with Crippen LogP contribution in [0, 0.1) is 6.92 Å². The predicted octanol–water partition coefficient (Wildman–Crippen LogP) is 5.52. The van der Waals surface area contributed by atoms with E-state index in [9.17, 15) is 0 Å². The molecule has 0 aliphatic heterocycles. The van der Waals surface area contributed by atoms with E-state index in [2.05, 4.69) is 84.6 Å². The van der Waals surface area contributed by atoms with Gasteiger partial charge in [-0.15, -0.1) is 0 Å². The summed E-state index contributed by atoms with van der Waals surface area (Å²) in [4.78, 5) is 2.29.